The maximum Gasteiger partial charge on any atom is 0.243 e. The van der Waals surface area contributed by atoms with E-state index in [0.717, 1.165) is 17.5 Å². The number of halogens is 1. The second kappa shape index (κ2) is 10.7. The molecule has 0 bridgehead atoms. The first-order valence-electron chi connectivity index (χ1n) is 9.40. The van der Waals surface area contributed by atoms with Gasteiger partial charge in [0.1, 0.15) is 6.04 Å². The van der Waals surface area contributed by atoms with E-state index in [-0.39, 0.29) is 11.8 Å². The summed E-state index contributed by atoms with van der Waals surface area (Å²) < 4.78 is 0. The van der Waals surface area contributed by atoms with Gasteiger partial charge in [-0.15, -0.1) is 0 Å². The highest BCUT2D eigenvalue weighted by atomic mass is 35.5. The molecule has 1 N–H and O–H groups in total. The molecule has 0 aromatic heterocycles. The highest BCUT2D eigenvalue weighted by molar-refractivity contribution is 6.30. The summed E-state index contributed by atoms with van der Waals surface area (Å²) in [5, 5.41) is 3.53. The van der Waals surface area contributed by atoms with Crippen molar-refractivity contribution in [2.45, 2.75) is 45.7 Å². The molecule has 0 saturated heterocycles. The fourth-order valence-electron chi connectivity index (χ4n) is 2.99. The zero-order valence-electron chi connectivity index (χ0n) is 16.0. The van der Waals surface area contributed by atoms with Crippen LogP contribution in [-0.4, -0.2) is 29.3 Å². The molecule has 1 atom stereocenters. The van der Waals surface area contributed by atoms with Crippen LogP contribution in [0.4, 0.5) is 0 Å². The Morgan fingerprint density at radius 3 is 2.26 bits per heavy atom. The van der Waals surface area contributed by atoms with Gasteiger partial charge in [-0.3, -0.25) is 9.59 Å². The van der Waals surface area contributed by atoms with Crippen molar-refractivity contribution in [3.8, 4) is 0 Å². The Balaban J connectivity index is 2.33. The van der Waals surface area contributed by atoms with E-state index < -0.39 is 6.04 Å². The lowest BCUT2D eigenvalue weighted by molar-refractivity contribution is -0.141. The quantitative estimate of drug-likeness (QED) is 0.701. The van der Waals surface area contributed by atoms with Gasteiger partial charge in [0.25, 0.3) is 0 Å². The minimum Gasteiger partial charge on any atom is -0.355 e. The SMILES string of the molecule is CCCC(=O)N(Cc1ccc(Cl)cc1)[C@H](Cc1ccccc1)C(=O)NCC. The largest absolute Gasteiger partial charge is 0.355 e. The maximum absolute atomic E-state index is 12.9. The zero-order chi connectivity index (χ0) is 19.6. The minimum atomic E-state index is -0.554. The molecule has 4 nitrogen and oxygen atoms in total. The molecule has 5 heteroatoms. The van der Waals surface area contributed by atoms with Crippen LogP contribution in [0.1, 0.15) is 37.8 Å². The molecular formula is C22H27ClN2O2. The smallest absolute Gasteiger partial charge is 0.243 e. The van der Waals surface area contributed by atoms with Crippen LogP contribution in [0.3, 0.4) is 0 Å². The van der Waals surface area contributed by atoms with Crippen LogP contribution >= 0.6 is 11.6 Å². The highest BCUT2D eigenvalue weighted by Crippen LogP contribution is 2.17. The second-order valence-corrected chi connectivity index (χ2v) is 6.93. The van der Waals surface area contributed by atoms with Crippen LogP contribution in [0.5, 0.6) is 0 Å². The lowest BCUT2D eigenvalue weighted by Crippen LogP contribution is -2.50. The number of carbonyl (C=O) groups is 2. The predicted molar refractivity (Wildman–Crippen MR) is 110 cm³/mol. The van der Waals surface area contributed by atoms with E-state index in [1.807, 2.05) is 56.3 Å². The first-order chi connectivity index (χ1) is 13.0. The van der Waals surface area contributed by atoms with Crippen molar-refractivity contribution < 1.29 is 9.59 Å². The molecule has 2 rings (SSSR count). The minimum absolute atomic E-state index is 0.0142. The van der Waals surface area contributed by atoms with Crippen LogP contribution < -0.4 is 5.32 Å². The van der Waals surface area contributed by atoms with E-state index >= 15 is 0 Å². The van der Waals surface area contributed by atoms with Gasteiger partial charge in [0.2, 0.25) is 11.8 Å². The molecule has 0 heterocycles. The number of carbonyl (C=O) groups excluding carboxylic acids is 2. The molecule has 2 aromatic carbocycles. The number of hydrogen-bond donors (Lipinski definition) is 1. The highest BCUT2D eigenvalue weighted by Gasteiger charge is 2.29. The van der Waals surface area contributed by atoms with Crippen molar-refractivity contribution >= 4 is 23.4 Å². The molecule has 0 spiro atoms. The van der Waals surface area contributed by atoms with Crippen LogP contribution in [0.25, 0.3) is 0 Å². The summed E-state index contributed by atoms with van der Waals surface area (Å²) in [5.41, 5.74) is 1.98. The zero-order valence-corrected chi connectivity index (χ0v) is 16.7. The van der Waals surface area contributed by atoms with Crippen LogP contribution in [0.2, 0.25) is 5.02 Å². The van der Waals surface area contributed by atoms with Gasteiger partial charge in [-0.05, 0) is 36.6 Å². The average Bonchev–Trinajstić information content (AvgIpc) is 2.67. The van der Waals surface area contributed by atoms with Gasteiger partial charge in [0.15, 0.2) is 0 Å². The van der Waals surface area contributed by atoms with E-state index in [9.17, 15) is 9.59 Å². The third-order valence-corrected chi connectivity index (χ3v) is 4.60. The fourth-order valence-corrected chi connectivity index (χ4v) is 3.12. The van der Waals surface area contributed by atoms with Crippen molar-refractivity contribution in [1.82, 2.24) is 10.2 Å². The Bertz CT molecular complexity index is 732. The summed E-state index contributed by atoms with van der Waals surface area (Å²) in [5.74, 6) is -0.139. The molecule has 0 aliphatic heterocycles. The molecule has 144 valence electrons. The number of nitrogens with zero attached hydrogens (tertiary/aromatic N) is 1. The first-order valence-corrected chi connectivity index (χ1v) is 9.78. The average molecular weight is 387 g/mol. The Hall–Kier alpha value is -2.33. The lowest BCUT2D eigenvalue weighted by Gasteiger charge is -2.31. The monoisotopic (exact) mass is 386 g/mol. The normalized spacial score (nSPS) is 11.7. The van der Waals surface area contributed by atoms with E-state index in [1.165, 1.54) is 0 Å². The van der Waals surface area contributed by atoms with Crippen LogP contribution in [-0.2, 0) is 22.6 Å². The van der Waals surface area contributed by atoms with Gasteiger partial charge < -0.3 is 10.2 Å². The molecule has 27 heavy (non-hydrogen) atoms. The number of amides is 2. The van der Waals surface area contributed by atoms with Gasteiger partial charge >= 0.3 is 0 Å². The molecule has 0 unspecified atom stereocenters. The van der Waals surface area contributed by atoms with Crippen molar-refractivity contribution in [1.29, 1.82) is 0 Å². The van der Waals surface area contributed by atoms with Crippen molar-refractivity contribution in [3.63, 3.8) is 0 Å². The molecule has 0 radical (unpaired) electrons. The number of rotatable bonds is 9. The summed E-state index contributed by atoms with van der Waals surface area (Å²) in [7, 11) is 0. The van der Waals surface area contributed by atoms with E-state index in [0.29, 0.717) is 31.0 Å². The molecule has 2 aromatic rings. The summed E-state index contributed by atoms with van der Waals surface area (Å²) in [4.78, 5) is 27.4. The topological polar surface area (TPSA) is 49.4 Å². The molecule has 0 fully saturated rings. The van der Waals surface area contributed by atoms with Gasteiger partial charge in [0, 0.05) is 31.0 Å². The number of benzene rings is 2. The van der Waals surface area contributed by atoms with E-state index in [4.69, 9.17) is 11.6 Å². The summed E-state index contributed by atoms with van der Waals surface area (Å²) in [6.07, 6.45) is 1.64. The van der Waals surface area contributed by atoms with Crippen LogP contribution in [0.15, 0.2) is 54.6 Å². The Morgan fingerprint density at radius 2 is 1.67 bits per heavy atom. The van der Waals surface area contributed by atoms with Crippen LogP contribution in [0, 0.1) is 0 Å². The molecule has 0 aliphatic rings. The molecule has 2 amide bonds. The Morgan fingerprint density at radius 1 is 1.00 bits per heavy atom. The van der Waals surface area contributed by atoms with Gasteiger partial charge in [-0.1, -0.05) is 61.0 Å². The second-order valence-electron chi connectivity index (χ2n) is 6.50. The summed E-state index contributed by atoms with van der Waals surface area (Å²) >= 11 is 5.98. The standard InChI is InChI=1S/C22H27ClN2O2/c1-3-8-21(26)25(16-18-11-13-19(23)14-12-18)20(22(27)24-4-2)15-17-9-6-5-7-10-17/h5-7,9-14,20H,3-4,8,15-16H2,1-2H3,(H,24,27)/t20-/m1/s1. The first kappa shape index (κ1) is 21.0. The number of likely N-dealkylation sites (N-methyl/N-ethyl adjacent to an activating group) is 1. The molecule has 0 aliphatic carbocycles. The number of nitrogens with one attached hydrogen (secondary N) is 1. The fraction of sp³-hybridized carbons (Fsp3) is 0.364. The van der Waals surface area contributed by atoms with E-state index in [2.05, 4.69) is 5.32 Å². The van der Waals surface area contributed by atoms with Crippen molar-refractivity contribution in [2.24, 2.45) is 0 Å². The van der Waals surface area contributed by atoms with Crippen molar-refractivity contribution in [2.75, 3.05) is 6.54 Å². The molecule has 0 saturated carbocycles. The maximum atomic E-state index is 12.9. The predicted octanol–water partition coefficient (Wildman–Crippen LogP) is 4.22. The summed E-state index contributed by atoms with van der Waals surface area (Å²) in [6, 6.07) is 16.6. The third-order valence-electron chi connectivity index (χ3n) is 4.35. The number of hydrogen-bond acceptors (Lipinski definition) is 2. The Kier molecular flexibility index (Phi) is 8.34. The third kappa shape index (κ3) is 6.40. The summed E-state index contributed by atoms with van der Waals surface area (Å²) in [6.45, 7) is 4.76. The Labute approximate surface area is 166 Å². The van der Waals surface area contributed by atoms with Gasteiger partial charge in [-0.25, -0.2) is 0 Å². The van der Waals surface area contributed by atoms with Gasteiger partial charge in [0.05, 0.1) is 0 Å². The van der Waals surface area contributed by atoms with Crippen molar-refractivity contribution in [3.05, 3.63) is 70.7 Å². The lowest BCUT2D eigenvalue weighted by atomic mass is 10.0. The van der Waals surface area contributed by atoms with E-state index in [1.54, 1.807) is 17.0 Å². The molecular weight excluding hydrogens is 360 g/mol. The van der Waals surface area contributed by atoms with Gasteiger partial charge in [-0.2, -0.15) is 0 Å².